The van der Waals surface area contributed by atoms with Gasteiger partial charge in [0.25, 0.3) is 5.91 Å². The quantitative estimate of drug-likeness (QED) is 0.938. The molecule has 2 aromatic rings. The Morgan fingerprint density at radius 2 is 1.95 bits per heavy atom. The lowest BCUT2D eigenvalue weighted by Crippen LogP contribution is -2.36. The van der Waals surface area contributed by atoms with Crippen LogP contribution in [0.25, 0.3) is 0 Å². The fourth-order valence-corrected chi connectivity index (χ4v) is 2.18. The number of hydrogen-bond donors (Lipinski definition) is 1. The molecule has 0 fully saturated rings. The summed E-state index contributed by atoms with van der Waals surface area (Å²) in [5.74, 6) is -0.0844. The third-order valence-electron chi connectivity index (χ3n) is 3.38. The lowest BCUT2D eigenvalue weighted by molar-refractivity contribution is 0.0691. The summed E-state index contributed by atoms with van der Waals surface area (Å²) in [6.45, 7) is 6.41. The largest absolute Gasteiger partial charge is 0.398 e. The molecule has 4 heteroatoms. The van der Waals surface area contributed by atoms with Gasteiger partial charge in [-0.3, -0.25) is 9.78 Å². The second-order valence-corrected chi connectivity index (χ2v) is 5.43. The van der Waals surface area contributed by atoms with Gasteiger partial charge in [0, 0.05) is 30.2 Å². The zero-order valence-corrected chi connectivity index (χ0v) is 12.7. The summed E-state index contributed by atoms with van der Waals surface area (Å²) in [7, 11) is 0. The number of hydrogen-bond acceptors (Lipinski definition) is 3. The van der Waals surface area contributed by atoms with Crippen molar-refractivity contribution in [1.29, 1.82) is 0 Å². The first kappa shape index (κ1) is 15.0. The molecule has 0 saturated carbocycles. The molecule has 0 atom stereocenters. The molecule has 2 N–H and O–H groups in total. The number of nitrogens with two attached hydrogens (primary N) is 1. The van der Waals surface area contributed by atoms with Gasteiger partial charge in [0.2, 0.25) is 0 Å². The molecule has 0 aliphatic rings. The lowest BCUT2D eigenvalue weighted by atomic mass is 10.1. The fraction of sp³-hybridized carbons (Fsp3) is 0.294. The molecule has 1 heterocycles. The number of anilines is 1. The zero-order valence-electron chi connectivity index (χ0n) is 12.7. The maximum atomic E-state index is 12.7. The average Bonchev–Trinajstić information content (AvgIpc) is 2.45. The molecule has 0 aliphatic carbocycles. The molecule has 110 valence electrons. The Kier molecular flexibility index (Phi) is 4.58. The van der Waals surface area contributed by atoms with E-state index >= 15 is 0 Å². The van der Waals surface area contributed by atoms with Crippen LogP contribution in [0.2, 0.25) is 0 Å². The van der Waals surface area contributed by atoms with Gasteiger partial charge in [0.05, 0.1) is 5.56 Å². The third-order valence-corrected chi connectivity index (χ3v) is 3.38. The summed E-state index contributed by atoms with van der Waals surface area (Å²) in [4.78, 5) is 18.7. The number of aryl methyl sites for hydroxylation is 1. The Balaban J connectivity index is 2.27. The van der Waals surface area contributed by atoms with E-state index < -0.39 is 0 Å². The van der Waals surface area contributed by atoms with Crippen molar-refractivity contribution < 1.29 is 4.79 Å². The number of carbonyl (C=O) groups excluding carboxylic acids is 1. The van der Waals surface area contributed by atoms with Gasteiger partial charge in [-0.1, -0.05) is 30.3 Å². The maximum Gasteiger partial charge on any atom is 0.258 e. The van der Waals surface area contributed by atoms with Crippen molar-refractivity contribution in [3.63, 3.8) is 0 Å². The molecule has 0 unspecified atom stereocenters. The Hall–Kier alpha value is -2.36. The third kappa shape index (κ3) is 3.60. The Bertz CT molecular complexity index is 623. The SMILES string of the molecule is Cc1cc(N)c(C(=O)N(Cc2ccccc2)C(C)C)cn1. The monoisotopic (exact) mass is 283 g/mol. The molecule has 4 nitrogen and oxygen atoms in total. The lowest BCUT2D eigenvalue weighted by Gasteiger charge is -2.27. The molecular formula is C17H21N3O. The van der Waals surface area contributed by atoms with Gasteiger partial charge in [-0.25, -0.2) is 0 Å². The summed E-state index contributed by atoms with van der Waals surface area (Å²) < 4.78 is 0. The minimum atomic E-state index is -0.0844. The van der Waals surface area contributed by atoms with E-state index in [-0.39, 0.29) is 11.9 Å². The van der Waals surface area contributed by atoms with Gasteiger partial charge >= 0.3 is 0 Å². The van der Waals surface area contributed by atoms with Crippen molar-refractivity contribution in [1.82, 2.24) is 9.88 Å². The van der Waals surface area contributed by atoms with Crippen LogP contribution < -0.4 is 5.73 Å². The van der Waals surface area contributed by atoms with E-state index in [0.717, 1.165) is 11.3 Å². The number of nitrogens with zero attached hydrogens (tertiary/aromatic N) is 2. The van der Waals surface area contributed by atoms with Crippen LogP contribution in [-0.4, -0.2) is 21.8 Å². The molecule has 1 aromatic heterocycles. The van der Waals surface area contributed by atoms with Crippen molar-refractivity contribution in [3.05, 3.63) is 59.4 Å². The highest BCUT2D eigenvalue weighted by Crippen LogP contribution is 2.18. The molecule has 0 bridgehead atoms. The molecule has 0 spiro atoms. The highest BCUT2D eigenvalue weighted by molar-refractivity contribution is 5.99. The van der Waals surface area contributed by atoms with E-state index in [0.29, 0.717) is 17.8 Å². The molecule has 1 aromatic carbocycles. The number of rotatable bonds is 4. The summed E-state index contributed by atoms with van der Waals surface area (Å²) in [5, 5.41) is 0. The van der Waals surface area contributed by atoms with E-state index in [9.17, 15) is 4.79 Å². The summed E-state index contributed by atoms with van der Waals surface area (Å²) in [5.41, 5.74) is 8.81. The van der Waals surface area contributed by atoms with Crippen molar-refractivity contribution >= 4 is 11.6 Å². The van der Waals surface area contributed by atoms with Crippen LogP contribution >= 0.6 is 0 Å². The van der Waals surface area contributed by atoms with E-state index in [2.05, 4.69) is 4.98 Å². The number of pyridine rings is 1. The number of nitrogen functional groups attached to an aromatic ring is 1. The highest BCUT2D eigenvalue weighted by Gasteiger charge is 2.21. The fourth-order valence-electron chi connectivity index (χ4n) is 2.18. The van der Waals surface area contributed by atoms with Gasteiger partial charge in [0.1, 0.15) is 0 Å². The van der Waals surface area contributed by atoms with Crippen molar-refractivity contribution in [2.45, 2.75) is 33.4 Å². The Labute approximate surface area is 125 Å². The van der Waals surface area contributed by atoms with Gasteiger partial charge < -0.3 is 10.6 Å². The van der Waals surface area contributed by atoms with Gasteiger partial charge in [0.15, 0.2) is 0 Å². The van der Waals surface area contributed by atoms with Gasteiger partial charge in [-0.05, 0) is 32.4 Å². The van der Waals surface area contributed by atoms with Crippen LogP contribution in [-0.2, 0) is 6.54 Å². The number of amides is 1. The van der Waals surface area contributed by atoms with Gasteiger partial charge in [-0.2, -0.15) is 0 Å². The second-order valence-electron chi connectivity index (χ2n) is 5.43. The standard InChI is InChI=1S/C17H21N3O/c1-12(2)20(11-14-7-5-4-6-8-14)17(21)15-10-19-13(3)9-16(15)18/h4-10,12H,11H2,1-3H3,(H2,18,19). The molecule has 0 saturated heterocycles. The molecule has 1 amide bonds. The first-order valence-corrected chi connectivity index (χ1v) is 7.06. The average molecular weight is 283 g/mol. The predicted octanol–water partition coefficient (Wildman–Crippen LogP) is 3.02. The number of aromatic nitrogens is 1. The van der Waals surface area contributed by atoms with E-state index in [1.54, 1.807) is 17.2 Å². The summed E-state index contributed by atoms with van der Waals surface area (Å²) in [6.07, 6.45) is 1.56. The van der Waals surface area contributed by atoms with Crippen LogP contribution in [0.3, 0.4) is 0 Å². The predicted molar refractivity (Wildman–Crippen MR) is 84.8 cm³/mol. The van der Waals surface area contributed by atoms with Crippen LogP contribution in [0.15, 0.2) is 42.6 Å². The van der Waals surface area contributed by atoms with Crippen LogP contribution in [0, 0.1) is 6.92 Å². The van der Waals surface area contributed by atoms with Crippen molar-refractivity contribution in [3.8, 4) is 0 Å². The topological polar surface area (TPSA) is 59.2 Å². The van der Waals surface area contributed by atoms with Gasteiger partial charge in [-0.15, -0.1) is 0 Å². The minimum absolute atomic E-state index is 0.0819. The van der Waals surface area contributed by atoms with E-state index in [1.807, 2.05) is 51.1 Å². The second kappa shape index (κ2) is 6.39. The van der Waals surface area contributed by atoms with Crippen molar-refractivity contribution in [2.24, 2.45) is 0 Å². The summed E-state index contributed by atoms with van der Waals surface area (Å²) >= 11 is 0. The normalized spacial score (nSPS) is 10.7. The van der Waals surface area contributed by atoms with E-state index in [4.69, 9.17) is 5.73 Å². The molecule has 0 radical (unpaired) electrons. The van der Waals surface area contributed by atoms with E-state index in [1.165, 1.54) is 0 Å². The summed E-state index contributed by atoms with van der Waals surface area (Å²) in [6, 6.07) is 11.7. The van der Waals surface area contributed by atoms with Crippen molar-refractivity contribution in [2.75, 3.05) is 5.73 Å². The first-order chi connectivity index (χ1) is 9.99. The number of carbonyl (C=O) groups is 1. The van der Waals surface area contributed by atoms with Crippen LogP contribution in [0.4, 0.5) is 5.69 Å². The smallest absolute Gasteiger partial charge is 0.258 e. The Morgan fingerprint density at radius 1 is 1.29 bits per heavy atom. The molecule has 0 aliphatic heterocycles. The Morgan fingerprint density at radius 3 is 2.52 bits per heavy atom. The highest BCUT2D eigenvalue weighted by atomic mass is 16.2. The molecule has 2 rings (SSSR count). The molecular weight excluding hydrogens is 262 g/mol. The first-order valence-electron chi connectivity index (χ1n) is 7.06. The molecule has 21 heavy (non-hydrogen) atoms. The maximum absolute atomic E-state index is 12.7. The van der Waals surface area contributed by atoms with Crippen LogP contribution in [0.5, 0.6) is 0 Å². The van der Waals surface area contributed by atoms with Crippen LogP contribution in [0.1, 0.15) is 35.5 Å². The zero-order chi connectivity index (χ0) is 15.4. The minimum Gasteiger partial charge on any atom is -0.398 e. The number of benzene rings is 1.